The van der Waals surface area contributed by atoms with E-state index in [9.17, 15) is 9.59 Å². The highest BCUT2D eigenvalue weighted by atomic mass is 32.1. The van der Waals surface area contributed by atoms with Crippen molar-refractivity contribution in [2.45, 2.75) is 13.0 Å². The summed E-state index contributed by atoms with van der Waals surface area (Å²) in [5.41, 5.74) is 0.534. The molecule has 0 saturated carbocycles. The smallest absolute Gasteiger partial charge is 0.330 e. The van der Waals surface area contributed by atoms with Gasteiger partial charge >= 0.3 is 5.97 Å². The van der Waals surface area contributed by atoms with Crippen LogP contribution < -0.4 is 0 Å². The Morgan fingerprint density at radius 2 is 2.44 bits per heavy atom. The van der Waals surface area contributed by atoms with Gasteiger partial charge in [0.05, 0.1) is 6.54 Å². The van der Waals surface area contributed by atoms with Gasteiger partial charge in [-0.1, -0.05) is 12.8 Å². The summed E-state index contributed by atoms with van der Waals surface area (Å²) in [6.45, 7) is 1.91. The fraction of sp³-hybridized carbons (Fsp3) is 0.455. The van der Waals surface area contributed by atoms with Crippen molar-refractivity contribution in [3.8, 4) is 12.3 Å². The first kappa shape index (κ1) is 12.7. The fourth-order valence-corrected chi connectivity index (χ4v) is 1.65. The van der Waals surface area contributed by atoms with E-state index in [0.717, 1.165) is 0 Å². The maximum atomic E-state index is 11.9. The molecule has 0 aromatic rings. The molecule has 1 N–H and O–H groups in total. The lowest BCUT2D eigenvalue weighted by atomic mass is 10.1. The molecule has 5 heteroatoms. The molecule has 1 rings (SSSR count). The van der Waals surface area contributed by atoms with Crippen LogP contribution in [0.15, 0.2) is 11.6 Å². The lowest BCUT2D eigenvalue weighted by Crippen LogP contribution is -2.43. The molecule has 16 heavy (non-hydrogen) atoms. The van der Waals surface area contributed by atoms with Crippen molar-refractivity contribution in [3.05, 3.63) is 11.6 Å². The zero-order chi connectivity index (χ0) is 12.3. The molecule has 0 aromatic heterocycles. The molecule has 86 valence electrons. The van der Waals surface area contributed by atoms with Gasteiger partial charge in [-0.25, -0.2) is 4.79 Å². The van der Waals surface area contributed by atoms with E-state index in [0.29, 0.717) is 11.3 Å². The number of amides is 1. The number of hydrogen-bond acceptors (Lipinski definition) is 3. The second-order valence-electron chi connectivity index (χ2n) is 3.67. The number of carbonyl (C=O) groups is 2. The van der Waals surface area contributed by atoms with Crippen LogP contribution in [-0.4, -0.2) is 40.2 Å². The Bertz CT molecular complexity index is 383. The van der Waals surface area contributed by atoms with Gasteiger partial charge in [0.15, 0.2) is 0 Å². The molecule has 2 atom stereocenters. The van der Waals surface area contributed by atoms with E-state index >= 15 is 0 Å². The van der Waals surface area contributed by atoms with Crippen molar-refractivity contribution in [1.29, 1.82) is 0 Å². The predicted molar refractivity (Wildman–Crippen MR) is 63.1 cm³/mol. The monoisotopic (exact) mass is 239 g/mol. The number of carboxylic acid groups (broad SMARTS) is 1. The second kappa shape index (κ2) is 5.08. The van der Waals surface area contributed by atoms with Crippen LogP contribution in [0.25, 0.3) is 0 Å². The summed E-state index contributed by atoms with van der Waals surface area (Å²) in [4.78, 5) is 24.1. The highest BCUT2D eigenvalue weighted by Gasteiger charge is 2.34. The second-order valence-corrected chi connectivity index (χ2v) is 4.03. The molecule has 1 amide bonds. The summed E-state index contributed by atoms with van der Waals surface area (Å²) in [5, 5.41) is 8.97. The van der Waals surface area contributed by atoms with Gasteiger partial charge in [0.1, 0.15) is 6.04 Å². The SMILES string of the molecule is C#CC1=CC(C(=O)O)N(C(=O)[C@H](C)CS)C1. The van der Waals surface area contributed by atoms with Crippen LogP contribution in [0.3, 0.4) is 0 Å². The average molecular weight is 239 g/mol. The number of thiol groups is 1. The topological polar surface area (TPSA) is 57.6 Å². The van der Waals surface area contributed by atoms with Crippen molar-refractivity contribution >= 4 is 24.5 Å². The first-order chi connectivity index (χ1) is 7.51. The zero-order valence-electron chi connectivity index (χ0n) is 8.88. The van der Waals surface area contributed by atoms with Crippen molar-refractivity contribution < 1.29 is 14.7 Å². The Hall–Kier alpha value is -1.41. The van der Waals surface area contributed by atoms with Crippen LogP contribution in [0.1, 0.15) is 6.92 Å². The Morgan fingerprint density at radius 3 is 2.88 bits per heavy atom. The number of hydrogen-bond donors (Lipinski definition) is 2. The van der Waals surface area contributed by atoms with Crippen LogP contribution in [0, 0.1) is 18.3 Å². The number of carbonyl (C=O) groups excluding carboxylic acids is 1. The molecule has 1 aliphatic heterocycles. The predicted octanol–water partition coefficient (Wildman–Crippen LogP) is 0.407. The molecule has 0 aliphatic carbocycles. The van der Waals surface area contributed by atoms with Crippen molar-refractivity contribution in [2.75, 3.05) is 12.3 Å². The molecule has 0 aromatic carbocycles. The Morgan fingerprint density at radius 1 is 1.81 bits per heavy atom. The maximum absolute atomic E-state index is 11.9. The van der Waals surface area contributed by atoms with E-state index in [1.165, 1.54) is 11.0 Å². The van der Waals surface area contributed by atoms with Crippen LogP contribution in [-0.2, 0) is 9.59 Å². The first-order valence-electron chi connectivity index (χ1n) is 4.82. The lowest BCUT2D eigenvalue weighted by molar-refractivity contribution is -0.148. The quantitative estimate of drug-likeness (QED) is 0.554. The van der Waals surface area contributed by atoms with E-state index in [4.69, 9.17) is 11.5 Å². The normalized spacial score (nSPS) is 21.2. The Labute approximate surface area is 99.7 Å². The number of terminal acetylenes is 1. The minimum absolute atomic E-state index is 0.199. The molecule has 0 spiro atoms. The fourth-order valence-electron chi connectivity index (χ4n) is 1.49. The van der Waals surface area contributed by atoms with Gasteiger partial charge in [0.2, 0.25) is 5.91 Å². The molecule has 1 aliphatic rings. The standard InChI is InChI=1S/C11H13NO3S/c1-3-8-4-9(11(14)15)12(5-8)10(13)7(2)6-16/h1,4,7,9,16H,5-6H2,2H3,(H,14,15)/t7-,9?/m1/s1. The van der Waals surface area contributed by atoms with Crippen LogP contribution in [0.5, 0.6) is 0 Å². The van der Waals surface area contributed by atoms with Crippen LogP contribution in [0.2, 0.25) is 0 Å². The number of carboxylic acids is 1. The summed E-state index contributed by atoms with van der Waals surface area (Å²) >= 11 is 4.02. The molecule has 0 fully saturated rings. The van der Waals surface area contributed by atoms with Crippen molar-refractivity contribution in [1.82, 2.24) is 4.90 Å². The largest absolute Gasteiger partial charge is 0.479 e. The molecule has 0 bridgehead atoms. The Kier molecular flexibility index (Phi) is 4.02. The van der Waals surface area contributed by atoms with Crippen LogP contribution >= 0.6 is 12.6 Å². The van der Waals surface area contributed by atoms with Gasteiger partial charge in [-0.3, -0.25) is 4.79 Å². The van der Waals surface area contributed by atoms with Gasteiger partial charge in [-0.05, 0) is 6.08 Å². The number of aliphatic carboxylic acids is 1. The van der Waals surface area contributed by atoms with Gasteiger partial charge in [-0.15, -0.1) is 6.42 Å². The third-order valence-corrected chi connectivity index (χ3v) is 3.00. The van der Waals surface area contributed by atoms with Crippen molar-refractivity contribution in [2.24, 2.45) is 5.92 Å². The summed E-state index contributed by atoms with van der Waals surface area (Å²) in [5.74, 6) is 1.15. The lowest BCUT2D eigenvalue weighted by Gasteiger charge is -2.24. The molecule has 0 saturated heterocycles. The van der Waals surface area contributed by atoms with E-state index < -0.39 is 12.0 Å². The molecular formula is C11H13NO3S. The molecule has 1 heterocycles. The average Bonchev–Trinajstić information content (AvgIpc) is 2.71. The summed E-state index contributed by atoms with van der Waals surface area (Å²) in [6.07, 6.45) is 6.64. The number of nitrogens with zero attached hydrogens (tertiary/aromatic N) is 1. The molecule has 0 radical (unpaired) electrons. The van der Waals surface area contributed by atoms with E-state index in [1.54, 1.807) is 6.92 Å². The number of rotatable bonds is 3. The summed E-state index contributed by atoms with van der Waals surface area (Å²) in [6, 6.07) is -0.944. The third-order valence-electron chi connectivity index (χ3n) is 2.45. The minimum atomic E-state index is -1.06. The zero-order valence-corrected chi connectivity index (χ0v) is 9.78. The van der Waals surface area contributed by atoms with E-state index in [1.807, 2.05) is 0 Å². The van der Waals surface area contributed by atoms with Gasteiger partial charge in [0.25, 0.3) is 0 Å². The minimum Gasteiger partial charge on any atom is -0.479 e. The molecule has 4 nitrogen and oxygen atoms in total. The first-order valence-corrected chi connectivity index (χ1v) is 5.46. The van der Waals surface area contributed by atoms with Crippen molar-refractivity contribution in [3.63, 3.8) is 0 Å². The van der Waals surface area contributed by atoms with E-state index in [2.05, 4.69) is 18.5 Å². The highest BCUT2D eigenvalue weighted by molar-refractivity contribution is 7.80. The third kappa shape index (κ3) is 2.39. The van der Waals surface area contributed by atoms with Crippen LogP contribution in [0.4, 0.5) is 0 Å². The summed E-state index contributed by atoms with van der Waals surface area (Å²) < 4.78 is 0. The molecular weight excluding hydrogens is 226 g/mol. The summed E-state index contributed by atoms with van der Waals surface area (Å²) in [7, 11) is 0. The van der Waals surface area contributed by atoms with Gasteiger partial charge in [0, 0.05) is 17.2 Å². The maximum Gasteiger partial charge on any atom is 0.330 e. The van der Waals surface area contributed by atoms with Gasteiger partial charge < -0.3 is 10.0 Å². The Balaban J connectivity index is 2.87. The molecule has 1 unspecified atom stereocenters. The van der Waals surface area contributed by atoms with Gasteiger partial charge in [-0.2, -0.15) is 12.6 Å². The van der Waals surface area contributed by atoms with E-state index in [-0.39, 0.29) is 18.4 Å². The highest BCUT2D eigenvalue weighted by Crippen LogP contribution is 2.19.